The second kappa shape index (κ2) is 8.51. The number of amides is 2. The smallest absolute Gasteiger partial charge is 0.241 e. The first kappa shape index (κ1) is 19.5. The van der Waals surface area contributed by atoms with Crippen molar-refractivity contribution in [3.63, 3.8) is 0 Å². The molecule has 0 fully saturated rings. The molecule has 2 amide bonds. The van der Waals surface area contributed by atoms with Gasteiger partial charge in [-0.3, -0.25) is 14.3 Å². The molecule has 7 nitrogen and oxygen atoms in total. The van der Waals surface area contributed by atoms with Gasteiger partial charge in [-0.05, 0) is 24.6 Å². The topological polar surface area (TPSA) is 79.3 Å². The minimum Gasteiger partial charge on any atom is -0.376 e. The summed E-state index contributed by atoms with van der Waals surface area (Å²) in [5.41, 5.74) is 3.54. The number of likely N-dealkylation sites (N-methyl/N-ethyl adjacent to an activating group) is 1. The monoisotopic (exact) mass is 357 g/mol. The molecule has 1 heterocycles. The molecule has 2 aromatic rings. The van der Waals surface area contributed by atoms with Gasteiger partial charge in [-0.1, -0.05) is 19.9 Å². The van der Waals surface area contributed by atoms with Gasteiger partial charge in [-0.2, -0.15) is 5.10 Å². The van der Waals surface area contributed by atoms with Gasteiger partial charge in [0.05, 0.1) is 12.7 Å². The maximum Gasteiger partial charge on any atom is 0.241 e. The van der Waals surface area contributed by atoms with Gasteiger partial charge in [-0.25, -0.2) is 0 Å². The molecule has 0 bridgehead atoms. The maximum absolute atomic E-state index is 12.4. The normalized spacial score (nSPS) is 10.7. The Morgan fingerprint density at radius 1 is 1.31 bits per heavy atom. The molecule has 0 atom stereocenters. The van der Waals surface area contributed by atoms with Crippen LogP contribution in [0.3, 0.4) is 0 Å². The first-order valence-corrected chi connectivity index (χ1v) is 8.63. The number of rotatable bonds is 7. The van der Waals surface area contributed by atoms with E-state index < -0.39 is 0 Å². The van der Waals surface area contributed by atoms with Crippen LogP contribution in [0.15, 0.2) is 30.6 Å². The molecule has 0 aliphatic rings. The fourth-order valence-corrected chi connectivity index (χ4v) is 2.40. The van der Waals surface area contributed by atoms with Crippen LogP contribution < -0.4 is 10.6 Å². The Balaban J connectivity index is 1.95. The summed E-state index contributed by atoms with van der Waals surface area (Å²) in [5, 5.41) is 10.1. The number of nitrogens with zero attached hydrogens (tertiary/aromatic N) is 3. The van der Waals surface area contributed by atoms with Crippen molar-refractivity contribution >= 4 is 23.2 Å². The number of carbonyl (C=O) groups excluding carboxylic acids is 2. The maximum atomic E-state index is 12.4. The zero-order valence-electron chi connectivity index (χ0n) is 16.0. The zero-order chi connectivity index (χ0) is 19.3. The fraction of sp³-hybridized carbons (Fsp3) is 0.421. The second-order valence-electron chi connectivity index (χ2n) is 6.80. The molecule has 2 rings (SSSR count). The van der Waals surface area contributed by atoms with Gasteiger partial charge >= 0.3 is 0 Å². The van der Waals surface area contributed by atoms with Gasteiger partial charge in [-0.15, -0.1) is 0 Å². The van der Waals surface area contributed by atoms with Crippen molar-refractivity contribution in [3.05, 3.63) is 41.7 Å². The van der Waals surface area contributed by atoms with Crippen LogP contribution in [0.25, 0.3) is 0 Å². The largest absolute Gasteiger partial charge is 0.376 e. The fourth-order valence-electron chi connectivity index (χ4n) is 2.40. The van der Waals surface area contributed by atoms with Crippen molar-refractivity contribution in [2.24, 2.45) is 13.0 Å². The van der Waals surface area contributed by atoms with Gasteiger partial charge < -0.3 is 15.5 Å². The van der Waals surface area contributed by atoms with Crippen molar-refractivity contribution in [2.45, 2.75) is 27.3 Å². The highest BCUT2D eigenvalue weighted by Gasteiger charge is 2.12. The number of aryl methyl sites for hydroxylation is 2. The third-order valence-electron chi connectivity index (χ3n) is 4.06. The average Bonchev–Trinajstić information content (AvgIpc) is 2.99. The molecule has 0 saturated carbocycles. The summed E-state index contributed by atoms with van der Waals surface area (Å²) in [5.74, 6) is -0.146. The van der Waals surface area contributed by atoms with Gasteiger partial charge in [0.15, 0.2) is 0 Å². The van der Waals surface area contributed by atoms with E-state index in [1.807, 2.05) is 52.2 Å². The Hall–Kier alpha value is -2.83. The lowest BCUT2D eigenvalue weighted by molar-refractivity contribution is -0.128. The lowest BCUT2D eigenvalue weighted by Crippen LogP contribution is -2.31. The van der Waals surface area contributed by atoms with Crippen LogP contribution in [0.5, 0.6) is 0 Å². The third kappa shape index (κ3) is 5.34. The van der Waals surface area contributed by atoms with Crippen molar-refractivity contribution < 1.29 is 9.59 Å². The highest BCUT2D eigenvalue weighted by Crippen LogP contribution is 2.20. The van der Waals surface area contributed by atoms with Crippen molar-refractivity contribution in [3.8, 4) is 0 Å². The van der Waals surface area contributed by atoms with Crippen LogP contribution in [0.1, 0.15) is 25.0 Å². The number of hydrogen-bond acceptors (Lipinski definition) is 4. The summed E-state index contributed by atoms with van der Waals surface area (Å²) in [7, 11) is 3.61. The Kier molecular flexibility index (Phi) is 6.38. The standard InChI is InChI=1S/C19H27N5O2/c1-13(2)19(26)22-16-7-6-14(3)17(8-16)20-10-18(25)23(4)11-15-9-21-24(5)12-15/h6-9,12-13,20H,10-11H2,1-5H3,(H,22,26). The Bertz CT molecular complexity index is 782. The van der Waals surface area contributed by atoms with E-state index in [1.165, 1.54) is 0 Å². The lowest BCUT2D eigenvalue weighted by atomic mass is 10.1. The van der Waals surface area contributed by atoms with Crippen LogP contribution in [0.2, 0.25) is 0 Å². The number of aromatic nitrogens is 2. The summed E-state index contributed by atoms with van der Waals surface area (Å²) in [6.07, 6.45) is 3.64. The lowest BCUT2D eigenvalue weighted by Gasteiger charge is -2.18. The van der Waals surface area contributed by atoms with Crippen LogP contribution >= 0.6 is 0 Å². The van der Waals surface area contributed by atoms with Crippen LogP contribution in [-0.2, 0) is 23.2 Å². The molecule has 0 aliphatic heterocycles. The Morgan fingerprint density at radius 2 is 2.04 bits per heavy atom. The summed E-state index contributed by atoms with van der Waals surface area (Å²) in [6.45, 7) is 6.34. The van der Waals surface area contributed by atoms with E-state index in [2.05, 4.69) is 15.7 Å². The third-order valence-corrected chi connectivity index (χ3v) is 4.06. The molecule has 1 aromatic heterocycles. The van der Waals surface area contributed by atoms with Gasteiger partial charge in [0.1, 0.15) is 0 Å². The Morgan fingerprint density at radius 3 is 2.65 bits per heavy atom. The number of nitrogens with one attached hydrogen (secondary N) is 2. The Labute approximate surface area is 154 Å². The molecule has 140 valence electrons. The molecule has 2 N–H and O–H groups in total. The average molecular weight is 357 g/mol. The second-order valence-corrected chi connectivity index (χ2v) is 6.80. The van der Waals surface area contributed by atoms with E-state index in [0.29, 0.717) is 12.2 Å². The van der Waals surface area contributed by atoms with E-state index in [9.17, 15) is 9.59 Å². The molecule has 1 aromatic carbocycles. The summed E-state index contributed by atoms with van der Waals surface area (Å²) in [6, 6.07) is 5.63. The molecule has 26 heavy (non-hydrogen) atoms. The molecule has 0 saturated heterocycles. The van der Waals surface area contributed by atoms with Crippen molar-refractivity contribution in [2.75, 3.05) is 24.2 Å². The highest BCUT2D eigenvalue weighted by atomic mass is 16.2. The summed E-state index contributed by atoms with van der Waals surface area (Å²) < 4.78 is 1.71. The minimum absolute atomic E-state index is 0.0233. The number of anilines is 2. The van der Waals surface area contributed by atoms with Gasteiger partial charge in [0, 0.05) is 49.7 Å². The van der Waals surface area contributed by atoms with E-state index in [-0.39, 0.29) is 24.3 Å². The van der Waals surface area contributed by atoms with Crippen LogP contribution in [0.4, 0.5) is 11.4 Å². The van der Waals surface area contributed by atoms with Crippen molar-refractivity contribution in [1.82, 2.24) is 14.7 Å². The molecule has 0 unspecified atom stereocenters. The molecule has 0 aliphatic carbocycles. The van der Waals surface area contributed by atoms with E-state index in [1.54, 1.807) is 22.8 Å². The molecular weight excluding hydrogens is 330 g/mol. The van der Waals surface area contributed by atoms with E-state index >= 15 is 0 Å². The van der Waals surface area contributed by atoms with Crippen LogP contribution in [0, 0.1) is 12.8 Å². The van der Waals surface area contributed by atoms with E-state index in [4.69, 9.17) is 0 Å². The summed E-state index contributed by atoms with van der Waals surface area (Å²) in [4.78, 5) is 25.9. The molecule has 0 spiro atoms. The molecular formula is C19H27N5O2. The minimum atomic E-state index is -0.0876. The quantitative estimate of drug-likeness (QED) is 0.797. The number of hydrogen-bond donors (Lipinski definition) is 2. The van der Waals surface area contributed by atoms with E-state index in [0.717, 1.165) is 16.8 Å². The van der Waals surface area contributed by atoms with Gasteiger partial charge in [0.2, 0.25) is 11.8 Å². The summed E-state index contributed by atoms with van der Waals surface area (Å²) >= 11 is 0. The predicted octanol–water partition coefficient (Wildman–Crippen LogP) is 2.39. The number of carbonyl (C=O) groups is 2. The molecule has 7 heteroatoms. The van der Waals surface area contributed by atoms with Crippen molar-refractivity contribution in [1.29, 1.82) is 0 Å². The predicted molar refractivity (Wildman–Crippen MR) is 103 cm³/mol. The highest BCUT2D eigenvalue weighted by molar-refractivity contribution is 5.92. The SMILES string of the molecule is Cc1ccc(NC(=O)C(C)C)cc1NCC(=O)N(C)Cc1cnn(C)c1. The number of benzene rings is 1. The van der Waals surface area contributed by atoms with Gasteiger partial charge in [0.25, 0.3) is 0 Å². The van der Waals surface area contributed by atoms with Crippen LogP contribution in [-0.4, -0.2) is 40.1 Å². The molecule has 0 radical (unpaired) electrons. The zero-order valence-corrected chi connectivity index (χ0v) is 16.0. The first-order valence-electron chi connectivity index (χ1n) is 8.63. The first-order chi connectivity index (χ1) is 12.3.